The first-order valence-corrected chi connectivity index (χ1v) is 11.5. The van der Waals surface area contributed by atoms with Crippen LogP contribution in [0.5, 0.6) is 0 Å². The second kappa shape index (κ2) is 10.7. The van der Waals surface area contributed by atoms with Crippen molar-refractivity contribution in [2.75, 3.05) is 17.7 Å². The van der Waals surface area contributed by atoms with Gasteiger partial charge in [0.1, 0.15) is 11.4 Å². The lowest BCUT2D eigenvalue weighted by Gasteiger charge is -2.27. The summed E-state index contributed by atoms with van der Waals surface area (Å²) in [6.07, 6.45) is 9.04. The Balaban J connectivity index is 2.14. The molecule has 166 valence electrons. The highest BCUT2D eigenvalue weighted by molar-refractivity contribution is 7.98. The van der Waals surface area contributed by atoms with Crippen molar-refractivity contribution in [3.05, 3.63) is 11.8 Å². The number of aromatic nitrogens is 2. The number of aryl methyl sites for hydroxylation is 1. The Morgan fingerprint density at radius 2 is 1.97 bits per heavy atom. The molecule has 9 heteroatoms. The van der Waals surface area contributed by atoms with Crippen LogP contribution >= 0.6 is 11.8 Å². The van der Waals surface area contributed by atoms with Gasteiger partial charge in [0.15, 0.2) is 5.16 Å². The monoisotopic (exact) mass is 436 g/mol. The summed E-state index contributed by atoms with van der Waals surface area (Å²) in [5.74, 6) is 0.266. The minimum absolute atomic E-state index is 0.154. The molecule has 0 unspecified atom stereocenters. The van der Waals surface area contributed by atoms with Crippen molar-refractivity contribution in [3.63, 3.8) is 0 Å². The van der Waals surface area contributed by atoms with E-state index in [9.17, 15) is 14.4 Å². The van der Waals surface area contributed by atoms with Gasteiger partial charge in [0.25, 0.3) is 0 Å². The lowest BCUT2D eigenvalue weighted by atomic mass is 10.1. The van der Waals surface area contributed by atoms with Crippen LogP contribution < -0.4 is 4.90 Å². The van der Waals surface area contributed by atoms with Gasteiger partial charge in [-0.2, -0.15) is 0 Å². The molecule has 0 aromatic carbocycles. The Bertz CT molecular complexity index is 760. The molecule has 1 aliphatic carbocycles. The molecule has 0 aliphatic heterocycles. The first kappa shape index (κ1) is 24.1. The Labute approximate surface area is 182 Å². The Hall–Kier alpha value is -2.16. The van der Waals surface area contributed by atoms with Crippen molar-refractivity contribution in [3.8, 4) is 0 Å². The zero-order valence-corrected chi connectivity index (χ0v) is 19.3. The third-order valence-electron chi connectivity index (χ3n) is 4.90. The van der Waals surface area contributed by atoms with Crippen molar-refractivity contribution in [1.29, 1.82) is 0 Å². The zero-order valence-electron chi connectivity index (χ0n) is 18.5. The number of hydrogen-bond donors (Lipinski definition) is 0. The van der Waals surface area contributed by atoms with E-state index in [-0.39, 0.29) is 18.5 Å². The first-order valence-electron chi connectivity index (χ1n) is 10.3. The summed E-state index contributed by atoms with van der Waals surface area (Å²) in [6, 6.07) is 0.154. The number of nitrogens with zero attached hydrogens (tertiary/aromatic N) is 4. The first-order chi connectivity index (χ1) is 14.2. The second-order valence-corrected chi connectivity index (χ2v) is 9.18. The van der Waals surface area contributed by atoms with Gasteiger partial charge in [0, 0.05) is 31.3 Å². The Morgan fingerprint density at radius 3 is 2.50 bits per heavy atom. The fourth-order valence-electron chi connectivity index (χ4n) is 3.49. The van der Waals surface area contributed by atoms with Crippen molar-refractivity contribution in [1.82, 2.24) is 14.9 Å². The van der Waals surface area contributed by atoms with Crippen molar-refractivity contribution in [2.24, 2.45) is 0 Å². The molecule has 1 saturated carbocycles. The van der Waals surface area contributed by atoms with Crippen LogP contribution in [0.1, 0.15) is 65.4 Å². The molecule has 0 atom stereocenters. The average molecular weight is 437 g/mol. The number of carbonyl (C=O) groups excluding carboxylic acids is 3. The molecule has 3 amide bonds. The standard InChI is InChI=1S/C21H32N4O4S/c1-15(27)24(20(28)29-21(2,3)4)12-8-9-16-13-22-19(30-5)23-18(16)25(14-26)17-10-6-7-11-17/h13-14,17H,6-12H2,1-5H3. The molecule has 30 heavy (non-hydrogen) atoms. The maximum Gasteiger partial charge on any atom is 0.417 e. The summed E-state index contributed by atoms with van der Waals surface area (Å²) in [6.45, 7) is 6.85. The number of imide groups is 1. The number of thioether (sulfide) groups is 1. The number of rotatable bonds is 8. The molecule has 0 bridgehead atoms. The van der Waals surface area contributed by atoms with Crippen molar-refractivity contribution < 1.29 is 19.1 Å². The van der Waals surface area contributed by atoms with E-state index in [4.69, 9.17) is 4.74 Å². The Morgan fingerprint density at radius 1 is 1.30 bits per heavy atom. The largest absolute Gasteiger partial charge is 0.443 e. The van der Waals surface area contributed by atoms with Gasteiger partial charge in [0.2, 0.25) is 12.3 Å². The molecule has 1 fully saturated rings. The van der Waals surface area contributed by atoms with E-state index in [1.165, 1.54) is 18.7 Å². The van der Waals surface area contributed by atoms with Crippen LogP contribution in [0.2, 0.25) is 0 Å². The molecule has 0 saturated heterocycles. The molecule has 0 N–H and O–H groups in total. The van der Waals surface area contributed by atoms with Crippen LogP contribution in [0.25, 0.3) is 0 Å². The lowest BCUT2D eigenvalue weighted by Crippen LogP contribution is -2.40. The minimum atomic E-state index is -0.675. The van der Waals surface area contributed by atoms with Gasteiger partial charge < -0.3 is 4.74 Å². The SMILES string of the molecule is CSc1ncc(CCCN(C(C)=O)C(=O)OC(C)(C)C)c(N(C=O)C2CCCC2)n1. The fraction of sp³-hybridized carbons (Fsp3) is 0.667. The maximum atomic E-state index is 12.3. The quantitative estimate of drug-likeness (QED) is 0.347. The van der Waals surface area contributed by atoms with Crippen molar-refractivity contribution >= 4 is 36.0 Å². The van der Waals surface area contributed by atoms with Crippen LogP contribution in [0.3, 0.4) is 0 Å². The van der Waals surface area contributed by atoms with Crippen LogP contribution in [0.4, 0.5) is 10.6 Å². The van der Waals surface area contributed by atoms with E-state index >= 15 is 0 Å². The smallest absolute Gasteiger partial charge is 0.417 e. The number of amides is 3. The molecule has 1 heterocycles. The van der Waals surface area contributed by atoms with Gasteiger partial charge in [-0.3, -0.25) is 14.5 Å². The van der Waals surface area contributed by atoms with Crippen LogP contribution in [0, 0.1) is 0 Å². The highest BCUT2D eigenvalue weighted by Gasteiger charge is 2.27. The normalized spacial score (nSPS) is 14.4. The van der Waals surface area contributed by atoms with E-state index in [0.717, 1.165) is 42.6 Å². The molecule has 0 spiro atoms. The van der Waals surface area contributed by atoms with E-state index < -0.39 is 11.7 Å². The summed E-state index contributed by atoms with van der Waals surface area (Å²) in [7, 11) is 0. The highest BCUT2D eigenvalue weighted by Crippen LogP contribution is 2.29. The predicted octanol–water partition coefficient (Wildman–Crippen LogP) is 3.82. The number of hydrogen-bond acceptors (Lipinski definition) is 7. The van der Waals surface area contributed by atoms with Crippen molar-refractivity contribution in [2.45, 2.75) is 83.0 Å². The van der Waals surface area contributed by atoms with E-state index in [1.807, 2.05) is 6.26 Å². The summed E-state index contributed by atoms with van der Waals surface area (Å²) in [5.41, 5.74) is 0.157. The summed E-state index contributed by atoms with van der Waals surface area (Å²) in [4.78, 5) is 47.9. The minimum Gasteiger partial charge on any atom is -0.443 e. The van der Waals surface area contributed by atoms with Gasteiger partial charge in [-0.15, -0.1) is 0 Å². The lowest BCUT2D eigenvalue weighted by molar-refractivity contribution is -0.128. The number of ether oxygens (including phenoxy) is 1. The topological polar surface area (TPSA) is 92.7 Å². The molecule has 1 aromatic heterocycles. The van der Waals surface area contributed by atoms with E-state index in [2.05, 4.69) is 9.97 Å². The molecule has 2 rings (SSSR count). The third kappa shape index (κ3) is 6.68. The van der Waals surface area contributed by atoms with Gasteiger partial charge in [-0.1, -0.05) is 24.6 Å². The van der Waals surface area contributed by atoms with E-state index in [0.29, 0.717) is 23.8 Å². The molecular weight excluding hydrogens is 404 g/mol. The molecule has 1 aliphatic rings. The summed E-state index contributed by atoms with van der Waals surface area (Å²) >= 11 is 1.43. The Kier molecular flexibility index (Phi) is 8.64. The third-order valence-corrected chi connectivity index (χ3v) is 5.46. The number of carbonyl (C=O) groups is 3. The van der Waals surface area contributed by atoms with Crippen LogP contribution in [-0.2, 0) is 20.7 Å². The van der Waals surface area contributed by atoms with Crippen LogP contribution in [0.15, 0.2) is 11.4 Å². The molecule has 1 aromatic rings. The molecule has 0 radical (unpaired) electrons. The van der Waals surface area contributed by atoms with Gasteiger partial charge in [0.05, 0.1) is 0 Å². The summed E-state index contributed by atoms with van der Waals surface area (Å²) in [5, 5.41) is 0.609. The number of anilines is 1. The van der Waals surface area contributed by atoms with Gasteiger partial charge in [-0.05, 0) is 52.7 Å². The van der Waals surface area contributed by atoms with Crippen LogP contribution in [-0.4, -0.2) is 57.7 Å². The van der Waals surface area contributed by atoms with E-state index in [1.54, 1.807) is 31.9 Å². The predicted molar refractivity (Wildman–Crippen MR) is 117 cm³/mol. The van der Waals surface area contributed by atoms with Gasteiger partial charge >= 0.3 is 6.09 Å². The zero-order chi connectivity index (χ0) is 22.3. The maximum absolute atomic E-state index is 12.3. The summed E-state index contributed by atoms with van der Waals surface area (Å²) < 4.78 is 5.33. The van der Waals surface area contributed by atoms with Gasteiger partial charge in [-0.25, -0.2) is 19.7 Å². The second-order valence-electron chi connectivity index (χ2n) is 8.41. The molecule has 8 nitrogen and oxygen atoms in total. The highest BCUT2D eigenvalue weighted by atomic mass is 32.2. The fourth-order valence-corrected chi connectivity index (χ4v) is 3.83. The average Bonchev–Trinajstić information content (AvgIpc) is 3.19. The molecular formula is C21H32N4O4S.